The van der Waals surface area contributed by atoms with E-state index < -0.39 is 0 Å². The van der Waals surface area contributed by atoms with E-state index in [-0.39, 0.29) is 11.9 Å². The summed E-state index contributed by atoms with van der Waals surface area (Å²) >= 11 is 0. The predicted molar refractivity (Wildman–Crippen MR) is 94.5 cm³/mol. The summed E-state index contributed by atoms with van der Waals surface area (Å²) in [7, 11) is 0. The van der Waals surface area contributed by atoms with Gasteiger partial charge in [0.1, 0.15) is 11.6 Å². The second-order valence-electron chi connectivity index (χ2n) is 6.37. The molecule has 1 fully saturated rings. The number of hydrogen-bond donors (Lipinski definition) is 1. The minimum atomic E-state index is -0.312. The molecule has 0 saturated carbocycles. The van der Waals surface area contributed by atoms with Crippen molar-refractivity contribution in [3.05, 3.63) is 53.8 Å². The van der Waals surface area contributed by atoms with Crippen molar-refractivity contribution in [2.75, 3.05) is 18.0 Å². The molecule has 1 aromatic heterocycles. The SMILES string of the molecule is Cc1ccc2c(N3CC[C@@H](N)C3)nc(-c3ccccc3F)nc2c1. The molecule has 4 nitrogen and oxygen atoms in total. The van der Waals surface area contributed by atoms with Gasteiger partial charge in [-0.2, -0.15) is 0 Å². The second kappa shape index (κ2) is 5.83. The average molecular weight is 322 g/mol. The monoisotopic (exact) mass is 322 g/mol. The Morgan fingerprint density at radius 2 is 2.00 bits per heavy atom. The Labute approximate surface area is 140 Å². The average Bonchev–Trinajstić information content (AvgIpc) is 3.00. The molecule has 0 aliphatic carbocycles. The summed E-state index contributed by atoms with van der Waals surface area (Å²) in [5.41, 5.74) is 8.43. The van der Waals surface area contributed by atoms with E-state index in [0.717, 1.165) is 41.8 Å². The van der Waals surface area contributed by atoms with Crippen molar-refractivity contribution in [1.82, 2.24) is 9.97 Å². The number of halogens is 1. The standard InChI is InChI=1S/C19H19FN4/c1-12-6-7-15-17(10-12)22-18(14-4-2-3-5-16(14)20)23-19(15)24-9-8-13(21)11-24/h2-7,10,13H,8-9,11,21H2,1H3/t13-/m1/s1. The fraction of sp³-hybridized carbons (Fsp3) is 0.263. The molecule has 2 N–H and O–H groups in total. The Bertz CT molecular complexity index is 909. The molecule has 4 rings (SSSR count). The minimum absolute atomic E-state index is 0.150. The van der Waals surface area contributed by atoms with Crippen molar-refractivity contribution >= 4 is 16.7 Å². The van der Waals surface area contributed by atoms with Crippen LogP contribution >= 0.6 is 0 Å². The van der Waals surface area contributed by atoms with Gasteiger partial charge in [0.2, 0.25) is 0 Å². The molecule has 3 aromatic rings. The summed E-state index contributed by atoms with van der Waals surface area (Å²) in [5.74, 6) is 0.946. The van der Waals surface area contributed by atoms with Gasteiger partial charge in [-0.05, 0) is 43.2 Å². The summed E-state index contributed by atoms with van der Waals surface area (Å²) in [4.78, 5) is 11.5. The molecular weight excluding hydrogens is 303 g/mol. The van der Waals surface area contributed by atoms with Crippen LogP contribution in [-0.2, 0) is 0 Å². The van der Waals surface area contributed by atoms with Gasteiger partial charge in [0.15, 0.2) is 5.82 Å². The Morgan fingerprint density at radius 3 is 2.75 bits per heavy atom. The van der Waals surface area contributed by atoms with Crippen molar-refractivity contribution in [1.29, 1.82) is 0 Å². The second-order valence-corrected chi connectivity index (χ2v) is 6.37. The highest BCUT2D eigenvalue weighted by Crippen LogP contribution is 2.30. The Kier molecular flexibility index (Phi) is 3.65. The lowest BCUT2D eigenvalue weighted by Gasteiger charge is -2.20. The molecule has 1 aliphatic heterocycles. The molecule has 0 bridgehead atoms. The highest BCUT2D eigenvalue weighted by molar-refractivity contribution is 5.91. The van der Waals surface area contributed by atoms with E-state index in [4.69, 9.17) is 10.7 Å². The molecule has 1 atom stereocenters. The maximum Gasteiger partial charge on any atom is 0.165 e. The van der Waals surface area contributed by atoms with Gasteiger partial charge in [-0.25, -0.2) is 14.4 Å². The summed E-state index contributed by atoms with van der Waals surface area (Å²) in [6.07, 6.45) is 0.937. The van der Waals surface area contributed by atoms with Crippen LogP contribution in [0.2, 0.25) is 0 Å². The molecule has 24 heavy (non-hydrogen) atoms. The normalized spacial score (nSPS) is 17.6. The van der Waals surface area contributed by atoms with Crippen molar-refractivity contribution in [3.63, 3.8) is 0 Å². The van der Waals surface area contributed by atoms with Gasteiger partial charge in [-0.15, -0.1) is 0 Å². The van der Waals surface area contributed by atoms with Gasteiger partial charge in [0.25, 0.3) is 0 Å². The van der Waals surface area contributed by atoms with Crippen LogP contribution in [-0.4, -0.2) is 29.1 Å². The first-order valence-corrected chi connectivity index (χ1v) is 8.15. The number of anilines is 1. The van der Waals surface area contributed by atoms with Crippen molar-refractivity contribution in [3.8, 4) is 11.4 Å². The third-order valence-corrected chi connectivity index (χ3v) is 4.47. The van der Waals surface area contributed by atoms with Crippen LogP contribution in [0.25, 0.3) is 22.3 Å². The zero-order valence-corrected chi connectivity index (χ0v) is 13.5. The molecule has 0 radical (unpaired) electrons. The number of aryl methyl sites for hydroxylation is 1. The van der Waals surface area contributed by atoms with Crippen LogP contribution in [0.4, 0.5) is 10.2 Å². The summed E-state index contributed by atoms with van der Waals surface area (Å²) in [6, 6.07) is 12.9. The van der Waals surface area contributed by atoms with Crippen LogP contribution < -0.4 is 10.6 Å². The maximum atomic E-state index is 14.2. The number of rotatable bonds is 2. The highest BCUT2D eigenvalue weighted by atomic mass is 19.1. The molecular formula is C19H19FN4. The zero-order chi connectivity index (χ0) is 16.7. The van der Waals surface area contributed by atoms with E-state index in [1.807, 2.05) is 25.1 Å². The molecule has 5 heteroatoms. The molecule has 122 valence electrons. The van der Waals surface area contributed by atoms with Crippen molar-refractivity contribution in [2.24, 2.45) is 5.73 Å². The van der Waals surface area contributed by atoms with E-state index in [1.165, 1.54) is 6.07 Å². The lowest BCUT2D eigenvalue weighted by Crippen LogP contribution is -2.27. The summed E-state index contributed by atoms with van der Waals surface area (Å²) < 4.78 is 14.2. The van der Waals surface area contributed by atoms with Gasteiger partial charge in [0, 0.05) is 24.5 Å². The maximum absolute atomic E-state index is 14.2. The van der Waals surface area contributed by atoms with Crippen LogP contribution in [0.15, 0.2) is 42.5 Å². The number of nitrogens with two attached hydrogens (primary N) is 1. The molecule has 0 amide bonds. The fourth-order valence-corrected chi connectivity index (χ4v) is 3.21. The van der Waals surface area contributed by atoms with Gasteiger partial charge in [-0.3, -0.25) is 0 Å². The minimum Gasteiger partial charge on any atom is -0.354 e. The van der Waals surface area contributed by atoms with E-state index in [1.54, 1.807) is 18.2 Å². The number of nitrogens with zero attached hydrogens (tertiary/aromatic N) is 3. The lowest BCUT2D eigenvalue weighted by molar-refractivity contribution is 0.630. The number of aromatic nitrogens is 2. The number of benzene rings is 2. The molecule has 2 aromatic carbocycles. The number of fused-ring (bicyclic) bond motifs is 1. The van der Waals surface area contributed by atoms with Crippen molar-refractivity contribution < 1.29 is 4.39 Å². The Balaban J connectivity index is 1.94. The fourth-order valence-electron chi connectivity index (χ4n) is 3.21. The van der Waals surface area contributed by atoms with E-state index in [9.17, 15) is 4.39 Å². The molecule has 1 saturated heterocycles. The van der Waals surface area contributed by atoms with Crippen LogP contribution in [0.1, 0.15) is 12.0 Å². The van der Waals surface area contributed by atoms with Gasteiger partial charge in [0.05, 0.1) is 11.1 Å². The van der Waals surface area contributed by atoms with Crippen LogP contribution in [0.5, 0.6) is 0 Å². The quantitative estimate of drug-likeness (QED) is 0.787. The summed E-state index contributed by atoms with van der Waals surface area (Å²) in [6.45, 7) is 3.64. The number of hydrogen-bond acceptors (Lipinski definition) is 4. The zero-order valence-electron chi connectivity index (χ0n) is 13.5. The van der Waals surface area contributed by atoms with Gasteiger partial charge >= 0.3 is 0 Å². The van der Waals surface area contributed by atoms with Crippen LogP contribution in [0, 0.1) is 12.7 Å². The van der Waals surface area contributed by atoms with Crippen molar-refractivity contribution in [2.45, 2.75) is 19.4 Å². The lowest BCUT2D eigenvalue weighted by atomic mass is 10.1. The molecule has 0 spiro atoms. The predicted octanol–water partition coefficient (Wildman–Crippen LogP) is 3.28. The third-order valence-electron chi connectivity index (χ3n) is 4.47. The van der Waals surface area contributed by atoms with Gasteiger partial charge in [-0.1, -0.05) is 18.2 Å². The van der Waals surface area contributed by atoms with E-state index in [0.29, 0.717) is 11.4 Å². The third kappa shape index (κ3) is 2.61. The molecule has 2 heterocycles. The highest BCUT2D eigenvalue weighted by Gasteiger charge is 2.23. The first-order valence-electron chi connectivity index (χ1n) is 8.15. The first-order chi connectivity index (χ1) is 11.6. The van der Waals surface area contributed by atoms with E-state index >= 15 is 0 Å². The Morgan fingerprint density at radius 1 is 1.17 bits per heavy atom. The Hall–Kier alpha value is -2.53. The largest absolute Gasteiger partial charge is 0.354 e. The molecule has 1 aliphatic rings. The first kappa shape index (κ1) is 15.0. The van der Waals surface area contributed by atoms with Crippen LogP contribution in [0.3, 0.4) is 0 Å². The summed E-state index contributed by atoms with van der Waals surface area (Å²) in [5, 5.41) is 0.981. The molecule has 0 unspecified atom stereocenters. The smallest absolute Gasteiger partial charge is 0.165 e. The van der Waals surface area contributed by atoms with E-state index in [2.05, 4.69) is 9.88 Å². The topological polar surface area (TPSA) is 55.0 Å². The van der Waals surface area contributed by atoms with Gasteiger partial charge < -0.3 is 10.6 Å².